The Labute approximate surface area is 114 Å². The molecule has 0 saturated heterocycles. The highest BCUT2D eigenvalue weighted by Gasteiger charge is 2.59. The number of hydrogen-bond acceptors (Lipinski definition) is 3. The highest BCUT2D eigenvalue weighted by molar-refractivity contribution is 5.88. The third-order valence-corrected chi connectivity index (χ3v) is 3.82. The number of carbonyl (C=O) groups excluding carboxylic acids is 1. The van der Waals surface area contributed by atoms with E-state index >= 15 is 0 Å². The van der Waals surface area contributed by atoms with Crippen molar-refractivity contribution in [1.82, 2.24) is 5.32 Å². The van der Waals surface area contributed by atoms with Gasteiger partial charge >= 0.3 is 0 Å². The Morgan fingerprint density at radius 1 is 1.53 bits per heavy atom. The molecule has 1 aliphatic carbocycles. The van der Waals surface area contributed by atoms with E-state index in [0.29, 0.717) is 0 Å². The molecule has 0 aromatic heterocycles. The smallest absolute Gasteiger partial charge is 0.243 e. The molecule has 0 aliphatic heterocycles. The van der Waals surface area contributed by atoms with E-state index in [1.54, 1.807) is 26.1 Å². The number of allylic oxidation sites excluding steroid dienone is 2. The van der Waals surface area contributed by atoms with Crippen molar-refractivity contribution in [3.63, 3.8) is 0 Å². The summed E-state index contributed by atoms with van der Waals surface area (Å²) in [5, 5.41) is 22.6. The van der Waals surface area contributed by atoms with Gasteiger partial charge in [0.1, 0.15) is 5.60 Å². The summed E-state index contributed by atoms with van der Waals surface area (Å²) in [5.41, 5.74) is -1.06. The van der Waals surface area contributed by atoms with Crippen molar-refractivity contribution in [2.45, 2.75) is 39.2 Å². The molecule has 2 N–H and O–H groups in total. The zero-order valence-electron chi connectivity index (χ0n) is 12.0. The molecule has 1 aliphatic rings. The molecule has 1 saturated carbocycles. The van der Waals surface area contributed by atoms with E-state index in [-0.39, 0.29) is 11.8 Å². The van der Waals surface area contributed by atoms with Crippen LogP contribution in [0.2, 0.25) is 0 Å². The fourth-order valence-corrected chi connectivity index (χ4v) is 2.22. The van der Waals surface area contributed by atoms with E-state index in [4.69, 9.17) is 0 Å². The number of nitrogens with zero attached hydrogens (tertiary/aromatic N) is 1. The van der Waals surface area contributed by atoms with Crippen molar-refractivity contribution in [3.8, 4) is 6.07 Å². The fourth-order valence-electron chi connectivity index (χ4n) is 2.22. The Morgan fingerprint density at radius 2 is 2.11 bits per heavy atom. The highest BCUT2D eigenvalue weighted by atomic mass is 16.3. The van der Waals surface area contributed by atoms with Crippen LogP contribution in [0.15, 0.2) is 23.8 Å². The number of hydrogen-bond donors (Lipinski definition) is 2. The molecule has 1 rings (SSSR count). The van der Waals surface area contributed by atoms with Crippen LogP contribution in [0.1, 0.15) is 33.6 Å². The standard InChI is InChI=1S/C15H22N2O2/c1-11(2)15(19,14(10-16)7-8-14)6-5-12(3)9-13(18)17-4/h5-6,9,11,19H,7-8H2,1-4H3,(H,17,18)/b6-5+,12-9-/t15-/m0/s1. The van der Waals surface area contributed by atoms with Crippen LogP contribution < -0.4 is 5.32 Å². The molecular weight excluding hydrogens is 240 g/mol. The lowest BCUT2D eigenvalue weighted by Gasteiger charge is -2.33. The summed E-state index contributed by atoms with van der Waals surface area (Å²) >= 11 is 0. The van der Waals surface area contributed by atoms with Crippen LogP contribution in [0, 0.1) is 22.7 Å². The lowest BCUT2D eigenvalue weighted by molar-refractivity contribution is -0.116. The number of nitrogens with one attached hydrogen (secondary N) is 1. The van der Waals surface area contributed by atoms with Gasteiger partial charge in [0, 0.05) is 13.1 Å². The lowest BCUT2D eigenvalue weighted by atomic mass is 9.76. The van der Waals surface area contributed by atoms with Crippen LogP contribution in [0.25, 0.3) is 0 Å². The molecule has 19 heavy (non-hydrogen) atoms. The average molecular weight is 262 g/mol. The van der Waals surface area contributed by atoms with Gasteiger partial charge in [0.2, 0.25) is 5.91 Å². The number of likely N-dealkylation sites (N-methyl/N-ethyl adjacent to an activating group) is 1. The Kier molecular flexibility index (Phi) is 4.54. The predicted molar refractivity (Wildman–Crippen MR) is 74.0 cm³/mol. The van der Waals surface area contributed by atoms with Gasteiger partial charge in [0.15, 0.2) is 0 Å². The number of aliphatic hydroxyl groups is 1. The van der Waals surface area contributed by atoms with E-state index in [2.05, 4.69) is 11.4 Å². The van der Waals surface area contributed by atoms with E-state index in [1.165, 1.54) is 6.08 Å². The first-order valence-corrected chi connectivity index (χ1v) is 6.54. The summed E-state index contributed by atoms with van der Waals surface area (Å²) in [6.45, 7) is 5.59. The summed E-state index contributed by atoms with van der Waals surface area (Å²) in [7, 11) is 1.56. The normalized spacial score (nSPS) is 21.0. The molecule has 4 nitrogen and oxygen atoms in total. The SMILES string of the molecule is CNC(=O)/C=C(C)\C=C\[C@](O)(C(C)C)C1(C#N)CC1. The molecule has 0 aromatic carbocycles. The molecule has 4 heteroatoms. The van der Waals surface area contributed by atoms with Gasteiger partial charge in [-0.15, -0.1) is 0 Å². The minimum Gasteiger partial charge on any atom is -0.384 e. The zero-order valence-corrected chi connectivity index (χ0v) is 12.0. The van der Waals surface area contributed by atoms with Gasteiger partial charge in [0.05, 0.1) is 11.5 Å². The van der Waals surface area contributed by atoms with Gasteiger partial charge in [-0.25, -0.2) is 0 Å². The van der Waals surface area contributed by atoms with Crippen molar-refractivity contribution in [1.29, 1.82) is 5.26 Å². The summed E-state index contributed by atoms with van der Waals surface area (Å²) in [4.78, 5) is 11.2. The number of carbonyl (C=O) groups is 1. The lowest BCUT2D eigenvalue weighted by Crippen LogP contribution is -2.42. The molecule has 0 spiro atoms. The molecule has 0 aromatic rings. The Balaban J connectivity index is 2.96. The second-order valence-electron chi connectivity index (χ2n) is 5.51. The second-order valence-corrected chi connectivity index (χ2v) is 5.51. The van der Waals surface area contributed by atoms with E-state index in [0.717, 1.165) is 18.4 Å². The maximum Gasteiger partial charge on any atom is 0.243 e. The zero-order chi connectivity index (χ0) is 14.7. The van der Waals surface area contributed by atoms with Gasteiger partial charge in [-0.05, 0) is 31.3 Å². The van der Waals surface area contributed by atoms with Crippen LogP contribution in [-0.2, 0) is 4.79 Å². The summed E-state index contributed by atoms with van der Waals surface area (Å²) in [5.74, 6) is -0.240. The number of nitriles is 1. The highest BCUT2D eigenvalue weighted by Crippen LogP contribution is 2.56. The third kappa shape index (κ3) is 3.05. The van der Waals surface area contributed by atoms with Gasteiger partial charge in [-0.1, -0.05) is 26.0 Å². The average Bonchev–Trinajstić information content (AvgIpc) is 3.16. The monoisotopic (exact) mass is 262 g/mol. The maximum atomic E-state index is 11.2. The first-order valence-electron chi connectivity index (χ1n) is 6.54. The minimum atomic E-state index is -1.14. The molecule has 1 atom stereocenters. The Morgan fingerprint density at radius 3 is 2.47 bits per heavy atom. The van der Waals surface area contributed by atoms with E-state index in [9.17, 15) is 15.2 Å². The Hall–Kier alpha value is -1.60. The van der Waals surface area contributed by atoms with E-state index in [1.807, 2.05) is 13.8 Å². The Bertz CT molecular complexity index is 453. The molecule has 0 bridgehead atoms. The number of amides is 1. The van der Waals surface area contributed by atoms with Crippen molar-refractivity contribution in [2.24, 2.45) is 11.3 Å². The molecule has 1 amide bonds. The van der Waals surface area contributed by atoms with Gasteiger partial charge in [-0.2, -0.15) is 5.26 Å². The van der Waals surface area contributed by atoms with Crippen LogP contribution in [0.3, 0.4) is 0 Å². The fraction of sp³-hybridized carbons (Fsp3) is 0.600. The molecular formula is C15H22N2O2. The number of rotatable bonds is 5. The van der Waals surface area contributed by atoms with Crippen LogP contribution in [0.5, 0.6) is 0 Å². The van der Waals surface area contributed by atoms with Crippen molar-refractivity contribution in [2.75, 3.05) is 7.05 Å². The first-order chi connectivity index (χ1) is 8.81. The van der Waals surface area contributed by atoms with Gasteiger partial charge in [-0.3, -0.25) is 4.79 Å². The van der Waals surface area contributed by atoms with Gasteiger partial charge < -0.3 is 10.4 Å². The summed E-state index contributed by atoms with van der Waals surface area (Å²) < 4.78 is 0. The molecule has 0 radical (unpaired) electrons. The third-order valence-electron chi connectivity index (χ3n) is 3.82. The topological polar surface area (TPSA) is 73.1 Å². The first kappa shape index (κ1) is 15.5. The van der Waals surface area contributed by atoms with Crippen LogP contribution in [0.4, 0.5) is 0 Å². The van der Waals surface area contributed by atoms with Gasteiger partial charge in [0.25, 0.3) is 0 Å². The van der Waals surface area contributed by atoms with E-state index < -0.39 is 11.0 Å². The second kappa shape index (κ2) is 5.58. The largest absolute Gasteiger partial charge is 0.384 e. The summed E-state index contributed by atoms with van der Waals surface area (Å²) in [6.07, 6.45) is 6.29. The molecule has 0 heterocycles. The maximum absolute atomic E-state index is 11.2. The summed E-state index contributed by atoms with van der Waals surface area (Å²) in [6, 6.07) is 2.25. The predicted octanol–water partition coefficient (Wildman–Crippen LogP) is 1.93. The van der Waals surface area contributed by atoms with Crippen molar-refractivity contribution < 1.29 is 9.90 Å². The van der Waals surface area contributed by atoms with Crippen molar-refractivity contribution >= 4 is 5.91 Å². The van der Waals surface area contributed by atoms with Crippen LogP contribution >= 0.6 is 0 Å². The molecule has 104 valence electrons. The van der Waals surface area contributed by atoms with Crippen molar-refractivity contribution in [3.05, 3.63) is 23.8 Å². The molecule has 0 unspecified atom stereocenters. The quantitative estimate of drug-likeness (QED) is 0.587. The molecule has 1 fully saturated rings. The minimum absolute atomic E-state index is 0.0568. The van der Waals surface area contributed by atoms with Crippen LogP contribution in [-0.4, -0.2) is 23.7 Å².